The lowest BCUT2D eigenvalue weighted by Gasteiger charge is -2.26. The second-order valence-electron chi connectivity index (χ2n) is 4.61. The molecule has 0 aromatic heterocycles. The zero-order chi connectivity index (χ0) is 13.4. The number of rotatable bonds is 3. The number of carbonyl (C=O) groups is 1. The lowest BCUT2D eigenvalue weighted by atomic mass is 9.84. The Balaban J connectivity index is 2.36. The summed E-state index contributed by atoms with van der Waals surface area (Å²) >= 11 is 0. The van der Waals surface area contributed by atoms with Crippen LogP contribution in [0.5, 0.6) is 5.75 Å². The summed E-state index contributed by atoms with van der Waals surface area (Å²) in [6.45, 7) is 3.88. The van der Waals surface area contributed by atoms with E-state index >= 15 is 0 Å². The van der Waals surface area contributed by atoms with Gasteiger partial charge in [0.2, 0.25) is 6.41 Å². The third-order valence-corrected chi connectivity index (χ3v) is 3.61. The second-order valence-corrected chi connectivity index (χ2v) is 4.61. The highest BCUT2D eigenvalue weighted by Crippen LogP contribution is 2.41. The molecule has 2 aromatic rings. The number of amides is 1. The summed E-state index contributed by atoms with van der Waals surface area (Å²) in [7, 11) is 0. The number of benzene rings is 2. The van der Waals surface area contributed by atoms with Crippen molar-refractivity contribution in [2.45, 2.75) is 12.5 Å². The van der Waals surface area contributed by atoms with Crippen molar-refractivity contribution in [2.24, 2.45) is 0 Å². The van der Waals surface area contributed by atoms with Gasteiger partial charge in [-0.3, -0.25) is 9.90 Å². The fourth-order valence-corrected chi connectivity index (χ4v) is 2.75. The first kappa shape index (κ1) is 11.8. The summed E-state index contributed by atoms with van der Waals surface area (Å²) in [6, 6.07) is 9.10. The Morgan fingerprint density at radius 3 is 2.84 bits per heavy atom. The molecule has 1 aliphatic carbocycles. The highest BCUT2D eigenvalue weighted by molar-refractivity contribution is 5.98. The second kappa shape index (κ2) is 4.43. The van der Waals surface area contributed by atoms with Gasteiger partial charge in [0.25, 0.3) is 0 Å². The van der Waals surface area contributed by atoms with E-state index in [1.165, 1.54) is 0 Å². The molecular weight excluding hydrogens is 238 g/mol. The van der Waals surface area contributed by atoms with E-state index in [0.717, 1.165) is 21.9 Å². The van der Waals surface area contributed by atoms with Crippen molar-refractivity contribution in [1.82, 2.24) is 5.32 Å². The van der Waals surface area contributed by atoms with Gasteiger partial charge in [-0.15, -0.1) is 0 Å². The Hall–Kier alpha value is -2.29. The van der Waals surface area contributed by atoms with E-state index in [0.29, 0.717) is 18.4 Å². The molecule has 0 saturated carbocycles. The van der Waals surface area contributed by atoms with Crippen molar-refractivity contribution < 1.29 is 9.90 Å². The number of hydrogen-bond donors (Lipinski definition) is 1. The van der Waals surface area contributed by atoms with Crippen molar-refractivity contribution in [2.75, 3.05) is 0 Å². The molecule has 0 bridgehead atoms. The first-order valence-electron chi connectivity index (χ1n) is 6.18. The quantitative estimate of drug-likeness (QED) is 0.835. The minimum absolute atomic E-state index is 0.00968. The Morgan fingerprint density at radius 1 is 1.26 bits per heavy atom. The summed E-state index contributed by atoms with van der Waals surface area (Å²) in [5, 5.41) is 16.8. The molecule has 0 aliphatic heterocycles. The maximum Gasteiger partial charge on any atom is 0.207 e. The van der Waals surface area contributed by atoms with E-state index in [1.807, 2.05) is 30.3 Å². The Morgan fingerprint density at radius 2 is 2.11 bits per heavy atom. The van der Waals surface area contributed by atoms with Gasteiger partial charge in [0.05, 0.1) is 6.04 Å². The highest BCUT2D eigenvalue weighted by atomic mass is 16.3. The van der Waals surface area contributed by atoms with Crippen LogP contribution in [0.4, 0.5) is 0 Å². The van der Waals surface area contributed by atoms with Gasteiger partial charge in [0, 0.05) is 5.56 Å². The van der Waals surface area contributed by atoms with Gasteiger partial charge in [0.15, 0.2) is 5.75 Å². The van der Waals surface area contributed by atoms with Crippen LogP contribution in [-0.2, 0) is 9.90 Å². The van der Waals surface area contributed by atoms with E-state index in [-0.39, 0.29) is 11.8 Å². The van der Waals surface area contributed by atoms with Gasteiger partial charge in [-0.05, 0) is 47.4 Å². The fourth-order valence-electron chi connectivity index (χ4n) is 2.75. The van der Waals surface area contributed by atoms with Crippen LogP contribution in [0.25, 0.3) is 16.8 Å². The van der Waals surface area contributed by atoms with Crippen molar-refractivity contribution >= 4 is 23.3 Å². The predicted octanol–water partition coefficient (Wildman–Crippen LogP) is 3.39. The zero-order valence-electron chi connectivity index (χ0n) is 10.3. The largest absolute Gasteiger partial charge is 0.348 e. The first-order chi connectivity index (χ1) is 9.26. The SMILES string of the molecule is [CH2]CC1=Cc2c([O])ccc3cccc(c23)C1NC=O. The molecule has 0 spiro atoms. The van der Waals surface area contributed by atoms with Crippen LogP contribution in [0.3, 0.4) is 0 Å². The molecule has 3 nitrogen and oxygen atoms in total. The minimum Gasteiger partial charge on any atom is -0.348 e. The molecule has 1 unspecified atom stereocenters. The Kier molecular flexibility index (Phi) is 2.75. The van der Waals surface area contributed by atoms with Crippen LogP contribution in [0.15, 0.2) is 35.9 Å². The van der Waals surface area contributed by atoms with Crippen molar-refractivity contribution in [3.05, 3.63) is 54.0 Å². The normalized spacial score (nSPS) is 17.1. The highest BCUT2D eigenvalue weighted by Gasteiger charge is 2.24. The minimum atomic E-state index is -0.187. The van der Waals surface area contributed by atoms with Gasteiger partial charge < -0.3 is 5.32 Å². The maximum absolute atomic E-state index is 12.0. The molecule has 1 atom stereocenters. The molecule has 19 heavy (non-hydrogen) atoms. The summed E-state index contributed by atoms with van der Waals surface area (Å²) in [5.74, 6) is 0.00968. The molecule has 0 heterocycles. The molecule has 94 valence electrons. The van der Waals surface area contributed by atoms with Crippen LogP contribution < -0.4 is 5.32 Å². The van der Waals surface area contributed by atoms with Gasteiger partial charge in [0.1, 0.15) is 0 Å². The van der Waals surface area contributed by atoms with Crippen LogP contribution in [0.2, 0.25) is 0 Å². The van der Waals surface area contributed by atoms with Crippen molar-refractivity contribution in [3.63, 3.8) is 0 Å². The van der Waals surface area contributed by atoms with E-state index < -0.39 is 0 Å². The van der Waals surface area contributed by atoms with Crippen LogP contribution >= 0.6 is 0 Å². The molecular formula is C16H13NO2. The van der Waals surface area contributed by atoms with Gasteiger partial charge in [-0.25, -0.2) is 0 Å². The number of hydrogen-bond acceptors (Lipinski definition) is 1. The third kappa shape index (κ3) is 1.70. The average molecular weight is 251 g/mol. The summed E-state index contributed by atoms with van der Waals surface area (Å²) < 4.78 is 0. The van der Waals surface area contributed by atoms with E-state index in [9.17, 15) is 9.90 Å². The molecule has 2 aromatic carbocycles. The molecule has 3 heteroatoms. The zero-order valence-corrected chi connectivity index (χ0v) is 10.3. The standard InChI is InChI=1S/C16H13NO2/c1-2-10-8-13-14(19)7-6-11-4-3-5-12(15(11)13)16(10)17-9-18/h3-9,16H,1-2H2,(H,17,18). The third-order valence-electron chi connectivity index (χ3n) is 3.61. The van der Waals surface area contributed by atoms with E-state index in [2.05, 4.69) is 12.2 Å². The molecule has 0 fully saturated rings. The predicted molar refractivity (Wildman–Crippen MR) is 74.0 cm³/mol. The average Bonchev–Trinajstić information content (AvgIpc) is 2.44. The van der Waals surface area contributed by atoms with Gasteiger partial charge >= 0.3 is 0 Å². The Bertz CT molecular complexity index is 688. The topological polar surface area (TPSA) is 49.0 Å². The summed E-state index contributed by atoms with van der Waals surface area (Å²) in [6.07, 6.45) is 3.11. The smallest absolute Gasteiger partial charge is 0.207 e. The Labute approximate surface area is 111 Å². The first-order valence-corrected chi connectivity index (χ1v) is 6.18. The van der Waals surface area contributed by atoms with Gasteiger partial charge in [-0.1, -0.05) is 24.3 Å². The molecule has 2 radical (unpaired) electrons. The van der Waals surface area contributed by atoms with Crippen LogP contribution in [0.1, 0.15) is 23.6 Å². The summed E-state index contributed by atoms with van der Waals surface area (Å²) in [4.78, 5) is 10.8. The van der Waals surface area contributed by atoms with Crippen molar-refractivity contribution in [3.8, 4) is 5.75 Å². The molecule has 1 amide bonds. The number of carbonyl (C=O) groups excluding carboxylic acids is 1. The van der Waals surface area contributed by atoms with Crippen molar-refractivity contribution in [1.29, 1.82) is 0 Å². The monoisotopic (exact) mass is 251 g/mol. The fraction of sp³-hybridized carbons (Fsp3) is 0.125. The molecule has 1 N–H and O–H groups in total. The van der Waals surface area contributed by atoms with E-state index in [4.69, 9.17) is 0 Å². The molecule has 0 saturated heterocycles. The van der Waals surface area contributed by atoms with Gasteiger partial charge in [-0.2, -0.15) is 0 Å². The molecule has 1 aliphatic rings. The number of nitrogens with one attached hydrogen (secondary N) is 1. The van der Waals surface area contributed by atoms with Crippen LogP contribution in [0, 0.1) is 6.92 Å². The van der Waals surface area contributed by atoms with E-state index in [1.54, 1.807) is 6.07 Å². The lowest BCUT2D eigenvalue weighted by Crippen LogP contribution is -2.23. The maximum atomic E-state index is 12.0. The summed E-state index contributed by atoms with van der Waals surface area (Å²) in [5.41, 5.74) is 2.63. The molecule has 3 rings (SSSR count). The lowest BCUT2D eigenvalue weighted by molar-refractivity contribution is -0.110. The van der Waals surface area contributed by atoms with Crippen LogP contribution in [-0.4, -0.2) is 6.41 Å².